The van der Waals surface area contributed by atoms with E-state index < -0.39 is 16.6 Å². The first kappa shape index (κ1) is 8.73. The van der Waals surface area contributed by atoms with Crippen molar-refractivity contribution in [2.75, 3.05) is 5.88 Å². The zero-order valence-corrected chi connectivity index (χ0v) is 5.94. The first-order valence-corrected chi connectivity index (χ1v) is 3.13. The molecule has 0 amide bonds. The van der Waals surface area contributed by atoms with Crippen LogP contribution >= 0.6 is 34.8 Å². The van der Waals surface area contributed by atoms with Crippen LogP contribution in [0.15, 0.2) is 0 Å². The summed E-state index contributed by atoms with van der Waals surface area (Å²) in [4.78, 5) is -1.71. The summed E-state index contributed by atoms with van der Waals surface area (Å²) in [6, 6.07) is 0. The van der Waals surface area contributed by atoms with Crippen LogP contribution in [0.25, 0.3) is 0 Å². The fourth-order valence-corrected chi connectivity index (χ4v) is 0.525. The van der Waals surface area contributed by atoms with Crippen LogP contribution in [0, 0.1) is 0 Å². The van der Waals surface area contributed by atoms with Gasteiger partial charge in [-0.1, -0.05) is 23.2 Å². The van der Waals surface area contributed by atoms with Crippen molar-refractivity contribution in [3.8, 4) is 0 Å². The molecule has 50 valence electrons. The smallest absolute Gasteiger partial charge is 0.202 e. The highest BCUT2D eigenvalue weighted by Crippen LogP contribution is 2.27. The second-order valence-corrected chi connectivity index (χ2v) is 2.56. The summed E-state index contributed by atoms with van der Waals surface area (Å²) in [7, 11) is 0. The number of hydrogen-bond acceptors (Lipinski definition) is 0. The van der Waals surface area contributed by atoms with Crippen LogP contribution in [0.3, 0.4) is 0 Å². The molecule has 0 aromatic carbocycles. The lowest BCUT2D eigenvalue weighted by Gasteiger charge is -2.11. The van der Waals surface area contributed by atoms with Gasteiger partial charge >= 0.3 is 0 Å². The molecule has 0 fully saturated rings. The second-order valence-electron chi connectivity index (χ2n) is 1.20. The molecule has 0 aliphatic carbocycles. The van der Waals surface area contributed by atoms with Gasteiger partial charge in [-0.15, -0.1) is 11.6 Å². The normalized spacial score (nSPS) is 12.8. The van der Waals surface area contributed by atoms with E-state index >= 15 is 0 Å². The zero-order valence-electron chi connectivity index (χ0n) is 3.67. The van der Waals surface area contributed by atoms with Crippen LogP contribution in [0.1, 0.15) is 0 Å². The maximum absolute atomic E-state index is 11.9. The van der Waals surface area contributed by atoms with E-state index in [0.29, 0.717) is 0 Å². The molecule has 0 aliphatic heterocycles. The van der Waals surface area contributed by atoms with Crippen molar-refractivity contribution in [3.63, 3.8) is 0 Å². The average Bonchev–Trinajstić information content (AvgIpc) is 1.67. The molecule has 0 saturated heterocycles. The van der Waals surface area contributed by atoms with Crippen molar-refractivity contribution in [2.24, 2.45) is 0 Å². The molecule has 5 heteroatoms. The summed E-state index contributed by atoms with van der Waals surface area (Å²) in [5.41, 5.74) is 0. The molecular formula is C3H3Cl3F2. The molecule has 8 heavy (non-hydrogen) atoms. The Kier molecular flexibility index (Phi) is 3.32. The molecule has 0 heterocycles. The molecule has 0 saturated carbocycles. The number of hydrogen-bond donors (Lipinski definition) is 0. The summed E-state index contributed by atoms with van der Waals surface area (Å²) in [5, 5.41) is 0. The van der Waals surface area contributed by atoms with Gasteiger partial charge in [0.1, 0.15) is 0 Å². The van der Waals surface area contributed by atoms with Crippen molar-refractivity contribution in [1.29, 1.82) is 0 Å². The minimum absolute atomic E-state index is 0.843. The highest BCUT2D eigenvalue weighted by Gasteiger charge is 2.35. The molecule has 0 bridgehead atoms. The van der Waals surface area contributed by atoms with Crippen molar-refractivity contribution < 1.29 is 8.78 Å². The van der Waals surface area contributed by atoms with Gasteiger partial charge in [0.05, 0.1) is 5.88 Å². The van der Waals surface area contributed by atoms with Crippen molar-refractivity contribution in [1.82, 2.24) is 0 Å². The minimum atomic E-state index is -3.16. The Morgan fingerprint density at radius 2 is 1.75 bits per heavy atom. The van der Waals surface area contributed by atoms with Gasteiger partial charge in [0.15, 0.2) is 4.84 Å². The third-order valence-corrected chi connectivity index (χ3v) is 1.49. The van der Waals surface area contributed by atoms with Gasteiger partial charge in [0.25, 0.3) is 5.92 Å². The second kappa shape index (κ2) is 3.04. The Bertz CT molecular complexity index is 72.9. The molecule has 0 N–H and O–H groups in total. The molecule has 0 aromatic heterocycles. The molecule has 0 unspecified atom stereocenters. The number of alkyl halides is 5. The monoisotopic (exact) mass is 182 g/mol. The Labute approximate surface area is 60.7 Å². The van der Waals surface area contributed by atoms with Gasteiger partial charge < -0.3 is 0 Å². The highest BCUT2D eigenvalue weighted by atomic mass is 35.5. The molecular weight excluding hydrogens is 180 g/mol. The lowest BCUT2D eigenvalue weighted by atomic mass is 10.4. The lowest BCUT2D eigenvalue weighted by Crippen LogP contribution is -2.26. The van der Waals surface area contributed by atoms with E-state index in [2.05, 4.69) is 0 Å². The molecule has 0 spiro atoms. The van der Waals surface area contributed by atoms with E-state index in [9.17, 15) is 8.78 Å². The summed E-state index contributed by atoms with van der Waals surface area (Å²) in [5.74, 6) is -4.00. The Balaban J connectivity index is 3.71. The summed E-state index contributed by atoms with van der Waals surface area (Å²) >= 11 is 14.4. The van der Waals surface area contributed by atoms with Crippen LogP contribution in [-0.4, -0.2) is 16.6 Å². The lowest BCUT2D eigenvalue weighted by molar-refractivity contribution is 0.0411. The summed E-state index contributed by atoms with van der Waals surface area (Å²) < 4.78 is 23.8. The summed E-state index contributed by atoms with van der Waals surface area (Å²) in [6.07, 6.45) is 0. The molecule has 0 aliphatic rings. The van der Waals surface area contributed by atoms with E-state index in [1.54, 1.807) is 0 Å². The van der Waals surface area contributed by atoms with Crippen LogP contribution in [-0.2, 0) is 0 Å². The first-order valence-electron chi connectivity index (χ1n) is 1.72. The molecule has 0 atom stereocenters. The van der Waals surface area contributed by atoms with Crippen molar-refractivity contribution in [3.05, 3.63) is 0 Å². The molecule has 0 aromatic rings. The van der Waals surface area contributed by atoms with Crippen molar-refractivity contribution >= 4 is 34.8 Å². The van der Waals surface area contributed by atoms with E-state index in [1.165, 1.54) is 0 Å². The maximum Gasteiger partial charge on any atom is 0.290 e. The Morgan fingerprint density at radius 3 is 1.75 bits per heavy atom. The third kappa shape index (κ3) is 2.33. The number of halogens is 5. The third-order valence-electron chi connectivity index (χ3n) is 0.497. The molecule has 0 radical (unpaired) electrons. The standard InChI is InChI=1S/C3H3Cl3F2/c4-1-3(7,8)2(5)6/h2H,1H2. The SMILES string of the molecule is FC(F)(CCl)C(Cl)Cl. The highest BCUT2D eigenvalue weighted by molar-refractivity contribution is 6.45. The van der Waals surface area contributed by atoms with Crippen LogP contribution in [0.2, 0.25) is 0 Å². The topological polar surface area (TPSA) is 0 Å². The van der Waals surface area contributed by atoms with Crippen LogP contribution < -0.4 is 0 Å². The number of rotatable bonds is 2. The predicted octanol–water partition coefficient (Wildman–Crippen LogP) is 2.66. The van der Waals surface area contributed by atoms with E-state index in [0.717, 1.165) is 0 Å². The fraction of sp³-hybridized carbons (Fsp3) is 1.00. The van der Waals surface area contributed by atoms with Gasteiger partial charge in [-0.25, -0.2) is 8.78 Å². The maximum atomic E-state index is 11.9. The molecule has 0 rings (SSSR count). The van der Waals surface area contributed by atoms with Gasteiger partial charge in [-0.2, -0.15) is 0 Å². The van der Waals surface area contributed by atoms with Crippen LogP contribution in [0.5, 0.6) is 0 Å². The molecule has 0 nitrogen and oxygen atoms in total. The summed E-state index contributed by atoms with van der Waals surface area (Å²) in [6.45, 7) is 0. The van der Waals surface area contributed by atoms with Gasteiger partial charge in [0, 0.05) is 0 Å². The van der Waals surface area contributed by atoms with Gasteiger partial charge in [-0.3, -0.25) is 0 Å². The Hall–Kier alpha value is 0.730. The fourth-order valence-electron chi connectivity index (χ4n) is 0.0583. The zero-order chi connectivity index (χ0) is 6.78. The van der Waals surface area contributed by atoms with E-state index in [4.69, 9.17) is 34.8 Å². The largest absolute Gasteiger partial charge is 0.290 e. The average molecular weight is 183 g/mol. The predicted molar refractivity (Wildman–Crippen MR) is 31.2 cm³/mol. The Morgan fingerprint density at radius 1 is 1.38 bits per heavy atom. The quantitative estimate of drug-likeness (QED) is 0.578. The van der Waals surface area contributed by atoms with Gasteiger partial charge in [0.2, 0.25) is 0 Å². The van der Waals surface area contributed by atoms with E-state index in [-0.39, 0.29) is 0 Å². The van der Waals surface area contributed by atoms with E-state index in [1.807, 2.05) is 0 Å². The first-order chi connectivity index (χ1) is 3.50. The van der Waals surface area contributed by atoms with Crippen molar-refractivity contribution in [2.45, 2.75) is 10.8 Å². The van der Waals surface area contributed by atoms with Gasteiger partial charge in [-0.05, 0) is 0 Å². The van der Waals surface area contributed by atoms with Crippen LogP contribution in [0.4, 0.5) is 8.78 Å². The minimum Gasteiger partial charge on any atom is -0.202 e.